The first kappa shape index (κ1) is 20.0. The lowest BCUT2D eigenvalue weighted by atomic mass is 9.96. The SMILES string of the molecule is COC(=O)C1(NC(=O)OC(C)(C)C)CC(C(=O)CC(C)C)=C(C)O1. The molecule has 1 aliphatic heterocycles. The summed E-state index contributed by atoms with van der Waals surface area (Å²) in [5.74, 6) is -0.425. The highest BCUT2D eigenvalue weighted by molar-refractivity contribution is 5.98. The molecule has 1 amide bonds. The number of Topliss-reactive ketones (excluding diaryl/α,β-unsaturated/α-hetero) is 1. The van der Waals surface area contributed by atoms with Gasteiger partial charge in [0.15, 0.2) is 5.78 Å². The fourth-order valence-corrected chi connectivity index (χ4v) is 2.39. The molecular weight excluding hydrogens is 314 g/mol. The molecule has 7 heteroatoms. The zero-order valence-electron chi connectivity index (χ0n) is 15.4. The van der Waals surface area contributed by atoms with Crippen LogP contribution in [-0.2, 0) is 23.8 Å². The minimum absolute atomic E-state index is 0.0870. The molecule has 7 nitrogen and oxygen atoms in total. The molecule has 1 unspecified atom stereocenters. The fourth-order valence-electron chi connectivity index (χ4n) is 2.39. The van der Waals surface area contributed by atoms with E-state index in [-0.39, 0.29) is 18.1 Å². The number of carbonyl (C=O) groups is 3. The van der Waals surface area contributed by atoms with Crippen LogP contribution in [-0.4, -0.2) is 36.3 Å². The Bertz CT molecular complexity index is 558. The third-order valence-electron chi connectivity index (χ3n) is 3.33. The van der Waals surface area contributed by atoms with E-state index in [9.17, 15) is 14.4 Å². The average molecular weight is 341 g/mol. The van der Waals surface area contributed by atoms with Gasteiger partial charge >= 0.3 is 12.1 Å². The monoisotopic (exact) mass is 341 g/mol. The Hall–Kier alpha value is -2.05. The van der Waals surface area contributed by atoms with Crippen molar-refractivity contribution in [2.45, 2.75) is 65.7 Å². The third-order valence-corrected chi connectivity index (χ3v) is 3.33. The van der Waals surface area contributed by atoms with Crippen molar-refractivity contribution in [1.29, 1.82) is 0 Å². The number of rotatable bonds is 5. The summed E-state index contributed by atoms with van der Waals surface area (Å²) in [6.45, 7) is 10.6. The van der Waals surface area contributed by atoms with Crippen molar-refractivity contribution in [3.05, 3.63) is 11.3 Å². The van der Waals surface area contributed by atoms with Crippen molar-refractivity contribution < 1.29 is 28.6 Å². The molecular formula is C17H27NO6. The van der Waals surface area contributed by atoms with Crippen molar-refractivity contribution in [1.82, 2.24) is 5.32 Å². The summed E-state index contributed by atoms with van der Waals surface area (Å²) in [5.41, 5.74) is -2.13. The first-order valence-corrected chi connectivity index (χ1v) is 7.91. The lowest BCUT2D eigenvalue weighted by molar-refractivity contribution is -0.165. The highest BCUT2D eigenvalue weighted by Gasteiger charge is 2.51. The van der Waals surface area contributed by atoms with Gasteiger partial charge in [-0.1, -0.05) is 13.8 Å². The van der Waals surface area contributed by atoms with Crippen LogP contribution in [0.4, 0.5) is 4.79 Å². The molecule has 0 saturated heterocycles. The predicted octanol–water partition coefficient (Wildman–Crippen LogP) is 2.69. The second-order valence-corrected chi connectivity index (χ2v) is 7.28. The Labute approximate surface area is 142 Å². The Kier molecular flexibility index (Phi) is 6.03. The van der Waals surface area contributed by atoms with Crippen LogP contribution >= 0.6 is 0 Å². The van der Waals surface area contributed by atoms with Crippen LogP contribution in [0.5, 0.6) is 0 Å². The molecule has 1 aliphatic rings. The van der Waals surface area contributed by atoms with Crippen molar-refractivity contribution in [3.8, 4) is 0 Å². The number of amides is 1. The van der Waals surface area contributed by atoms with Crippen LogP contribution in [0.1, 0.15) is 54.4 Å². The van der Waals surface area contributed by atoms with Crippen molar-refractivity contribution in [3.63, 3.8) is 0 Å². The second-order valence-electron chi connectivity index (χ2n) is 7.28. The minimum Gasteiger partial charge on any atom is -0.465 e. The number of nitrogens with one attached hydrogen (secondary N) is 1. The smallest absolute Gasteiger partial charge is 0.411 e. The van der Waals surface area contributed by atoms with Crippen LogP contribution in [0.25, 0.3) is 0 Å². The van der Waals surface area contributed by atoms with E-state index in [0.29, 0.717) is 17.8 Å². The molecule has 0 aliphatic carbocycles. The van der Waals surface area contributed by atoms with Gasteiger partial charge in [0.1, 0.15) is 11.4 Å². The van der Waals surface area contributed by atoms with Gasteiger partial charge in [0.25, 0.3) is 5.72 Å². The number of allylic oxidation sites excluding steroid dienone is 1. The van der Waals surface area contributed by atoms with Gasteiger partial charge in [-0.3, -0.25) is 10.1 Å². The lowest BCUT2D eigenvalue weighted by Crippen LogP contribution is -2.56. The molecule has 24 heavy (non-hydrogen) atoms. The molecule has 136 valence electrons. The molecule has 0 fully saturated rings. The molecule has 0 aromatic carbocycles. The maximum Gasteiger partial charge on any atom is 0.411 e. The van der Waals surface area contributed by atoms with E-state index in [1.807, 2.05) is 13.8 Å². The summed E-state index contributed by atoms with van der Waals surface area (Å²) < 4.78 is 15.5. The molecule has 0 aromatic rings. The fraction of sp³-hybridized carbons (Fsp3) is 0.706. The van der Waals surface area contributed by atoms with Gasteiger partial charge in [-0.25, -0.2) is 9.59 Å². The number of methoxy groups -OCH3 is 1. The van der Waals surface area contributed by atoms with Gasteiger partial charge in [-0.15, -0.1) is 0 Å². The van der Waals surface area contributed by atoms with Gasteiger partial charge in [0.2, 0.25) is 0 Å². The number of ketones is 1. The number of esters is 1. The van der Waals surface area contributed by atoms with Gasteiger partial charge in [-0.2, -0.15) is 0 Å². The summed E-state index contributed by atoms with van der Waals surface area (Å²) in [5, 5.41) is 2.42. The number of alkyl carbamates (subject to hydrolysis) is 1. The summed E-state index contributed by atoms with van der Waals surface area (Å²) in [4.78, 5) is 36.6. The average Bonchev–Trinajstić information content (AvgIpc) is 2.72. The van der Waals surface area contributed by atoms with E-state index in [4.69, 9.17) is 14.2 Å². The van der Waals surface area contributed by atoms with E-state index < -0.39 is 23.4 Å². The molecule has 0 saturated carbocycles. The third kappa shape index (κ3) is 4.97. The number of hydrogen-bond acceptors (Lipinski definition) is 6. The zero-order valence-corrected chi connectivity index (χ0v) is 15.4. The van der Waals surface area contributed by atoms with E-state index in [1.165, 1.54) is 7.11 Å². The molecule has 1 heterocycles. The Morgan fingerprint density at radius 3 is 2.33 bits per heavy atom. The van der Waals surface area contributed by atoms with Crippen LogP contribution in [0.2, 0.25) is 0 Å². The van der Waals surface area contributed by atoms with E-state index in [0.717, 1.165) is 0 Å². The number of ether oxygens (including phenoxy) is 3. The van der Waals surface area contributed by atoms with Gasteiger partial charge in [0.05, 0.1) is 13.5 Å². The van der Waals surface area contributed by atoms with Crippen molar-refractivity contribution in [2.24, 2.45) is 5.92 Å². The standard InChI is InChI=1S/C17H27NO6/c1-10(2)8-13(19)12-9-17(14(20)22-7,23-11(12)3)18-15(21)24-16(4,5)6/h10H,8-9H2,1-7H3,(H,18,21). The first-order valence-electron chi connectivity index (χ1n) is 7.91. The predicted molar refractivity (Wildman–Crippen MR) is 87.0 cm³/mol. The number of hydrogen-bond donors (Lipinski definition) is 1. The highest BCUT2D eigenvalue weighted by atomic mass is 16.6. The molecule has 1 N–H and O–H groups in total. The Morgan fingerprint density at radius 1 is 1.29 bits per heavy atom. The molecule has 0 bridgehead atoms. The molecule has 0 aromatic heterocycles. The summed E-state index contributed by atoms with van der Waals surface area (Å²) in [6.07, 6.45) is -0.575. The normalized spacial score (nSPS) is 20.7. The maximum absolute atomic E-state index is 12.3. The molecule has 1 rings (SSSR count). The summed E-state index contributed by atoms with van der Waals surface area (Å²) in [6, 6.07) is 0. The van der Waals surface area contributed by atoms with Gasteiger partial charge < -0.3 is 14.2 Å². The number of carbonyl (C=O) groups excluding carboxylic acids is 3. The van der Waals surface area contributed by atoms with Gasteiger partial charge in [0, 0.05) is 12.0 Å². The van der Waals surface area contributed by atoms with Crippen LogP contribution in [0.15, 0.2) is 11.3 Å². The molecule has 1 atom stereocenters. The minimum atomic E-state index is -1.77. The molecule has 0 radical (unpaired) electrons. The molecule has 0 spiro atoms. The summed E-state index contributed by atoms with van der Waals surface area (Å²) in [7, 11) is 1.19. The van der Waals surface area contributed by atoms with Crippen molar-refractivity contribution in [2.75, 3.05) is 7.11 Å². The van der Waals surface area contributed by atoms with Crippen LogP contribution < -0.4 is 5.32 Å². The topological polar surface area (TPSA) is 90.9 Å². The van der Waals surface area contributed by atoms with E-state index >= 15 is 0 Å². The highest BCUT2D eigenvalue weighted by Crippen LogP contribution is 2.35. The second kappa shape index (κ2) is 7.23. The van der Waals surface area contributed by atoms with E-state index in [2.05, 4.69) is 5.32 Å². The van der Waals surface area contributed by atoms with Crippen molar-refractivity contribution >= 4 is 17.8 Å². The quantitative estimate of drug-likeness (QED) is 0.773. The first-order chi connectivity index (χ1) is 10.9. The summed E-state index contributed by atoms with van der Waals surface area (Å²) >= 11 is 0. The Morgan fingerprint density at radius 2 is 1.88 bits per heavy atom. The van der Waals surface area contributed by atoms with Crippen LogP contribution in [0.3, 0.4) is 0 Å². The Balaban J connectivity index is 3.00. The van der Waals surface area contributed by atoms with Gasteiger partial charge in [-0.05, 0) is 33.6 Å². The maximum atomic E-state index is 12.3. The largest absolute Gasteiger partial charge is 0.465 e. The zero-order chi connectivity index (χ0) is 18.7. The van der Waals surface area contributed by atoms with Crippen LogP contribution in [0, 0.1) is 5.92 Å². The lowest BCUT2D eigenvalue weighted by Gasteiger charge is -2.29. The van der Waals surface area contributed by atoms with E-state index in [1.54, 1.807) is 27.7 Å².